The highest BCUT2D eigenvalue weighted by molar-refractivity contribution is 9.10. The average molecular weight is 669 g/mol. The molecule has 0 heterocycles. The number of halogens is 2. The number of amides is 2. The monoisotopic (exact) mass is 667 g/mol. The van der Waals surface area contributed by atoms with Gasteiger partial charge in [0.2, 0.25) is 11.8 Å². The Balaban J connectivity index is 1.78. The fraction of sp³-hybridized carbons (Fsp3) is 0.188. The van der Waals surface area contributed by atoms with E-state index in [9.17, 15) is 18.0 Å². The highest BCUT2D eigenvalue weighted by Crippen LogP contribution is 2.27. The van der Waals surface area contributed by atoms with Crippen molar-refractivity contribution in [1.82, 2.24) is 10.2 Å². The third-order valence-corrected chi connectivity index (χ3v) is 9.30. The number of hydrogen-bond acceptors (Lipinski definition) is 4. The van der Waals surface area contributed by atoms with Gasteiger partial charge in [0.15, 0.2) is 0 Å². The average Bonchev–Trinajstić information content (AvgIpc) is 2.98. The second kappa shape index (κ2) is 14.0. The number of carbonyl (C=O) groups excluding carboxylic acids is 2. The molecule has 0 fully saturated rings. The molecule has 4 rings (SSSR count). The first kappa shape index (κ1) is 31.3. The minimum Gasteiger partial charge on any atom is -0.357 e. The quantitative estimate of drug-likeness (QED) is 0.213. The minimum absolute atomic E-state index is 0.0431. The SMILES string of the molecule is CNC(=O)C(Cc1ccccc1)N(Cc1cccc(Br)c1)C(=O)CN(c1ccc(Cl)cc1)S(=O)(=O)c1ccc(C)cc1. The molecule has 0 aliphatic heterocycles. The maximum absolute atomic E-state index is 14.3. The lowest BCUT2D eigenvalue weighted by molar-refractivity contribution is -0.139. The zero-order valence-corrected chi connectivity index (χ0v) is 26.4. The van der Waals surface area contributed by atoms with E-state index in [1.807, 2.05) is 61.5 Å². The van der Waals surface area contributed by atoms with Crippen LogP contribution < -0.4 is 9.62 Å². The number of carbonyl (C=O) groups is 2. The predicted molar refractivity (Wildman–Crippen MR) is 170 cm³/mol. The molecule has 1 N–H and O–H groups in total. The number of sulfonamides is 1. The molecule has 218 valence electrons. The summed E-state index contributed by atoms with van der Waals surface area (Å²) in [5.74, 6) is -0.897. The van der Waals surface area contributed by atoms with Crippen molar-refractivity contribution in [3.63, 3.8) is 0 Å². The molecule has 7 nitrogen and oxygen atoms in total. The molecule has 0 radical (unpaired) electrons. The molecule has 1 unspecified atom stereocenters. The van der Waals surface area contributed by atoms with Crippen molar-refractivity contribution in [1.29, 1.82) is 0 Å². The molecule has 10 heteroatoms. The maximum atomic E-state index is 14.3. The Kier molecular flexibility index (Phi) is 10.4. The molecular formula is C32H31BrClN3O4S. The molecule has 0 aliphatic carbocycles. The van der Waals surface area contributed by atoms with Crippen molar-refractivity contribution >= 4 is 55.1 Å². The number of nitrogens with one attached hydrogen (secondary N) is 1. The molecule has 0 saturated heterocycles. The lowest BCUT2D eigenvalue weighted by atomic mass is 10.0. The molecule has 0 aromatic heterocycles. The molecule has 42 heavy (non-hydrogen) atoms. The van der Waals surface area contributed by atoms with Gasteiger partial charge in [0.25, 0.3) is 10.0 Å². The van der Waals surface area contributed by atoms with Crippen LogP contribution in [0.15, 0.2) is 112 Å². The summed E-state index contributed by atoms with van der Waals surface area (Å²) in [5.41, 5.74) is 2.81. The van der Waals surface area contributed by atoms with Crippen LogP contribution in [0, 0.1) is 6.92 Å². The van der Waals surface area contributed by atoms with E-state index in [0.29, 0.717) is 5.02 Å². The number of rotatable bonds is 11. The number of anilines is 1. The van der Waals surface area contributed by atoms with Crippen LogP contribution in [0.4, 0.5) is 5.69 Å². The molecule has 0 spiro atoms. The molecular weight excluding hydrogens is 638 g/mol. The smallest absolute Gasteiger partial charge is 0.264 e. The van der Waals surface area contributed by atoms with Crippen LogP contribution in [0.5, 0.6) is 0 Å². The number of nitrogens with zero attached hydrogens (tertiary/aromatic N) is 2. The van der Waals surface area contributed by atoms with Gasteiger partial charge in [0, 0.05) is 29.5 Å². The third kappa shape index (κ3) is 7.79. The second-order valence-electron chi connectivity index (χ2n) is 9.77. The standard InChI is InChI=1S/C32H31BrClN3O4S/c1-23-11-17-29(18-12-23)42(40,41)37(28-15-13-27(34)14-16-28)22-31(38)36(21-25-9-6-10-26(33)19-25)30(32(39)35-2)20-24-7-4-3-5-8-24/h3-19,30H,20-22H2,1-2H3,(H,35,39). The Morgan fingerprint density at radius 2 is 1.52 bits per heavy atom. The third-order valence-electron chi connectivity index (χ3n) is 6.76. The summed E-state index contributed by atoms with van der Waals surface area (Å²) in [6.45, 7) is 1.42. The second-order valence-corrected chi connectivity index (χ2v) is 13.0. The molecule has 0 aliphatic rings. The Morgan fingerprint density at radius 3 is 2.14 bits per heavy atom. The summed E-state index contributed by atoms with van der Waals surface area (Å²) >= 11 is 9.58. The number of benzene rings is 4. The lowest BCUT2D eigenvalue weighted by Gasteiger charge is -2.33. The van der Waals surface area contributed by atoms with Gasteiger partial charge in [-0.3, -0.25) is 13.9 Å². The van der Waals surface area contributed by atoms with Gasteiger partial charge in [-0.05, 0) is 66.6 Å². The number of likely N-dealkylation sites (N-methyl/N-ethyl adjacent to an activating group) is 1. The van der Waals surface area contributed by atoms with E-state index in [0.717, 1.165) is 25.5 Å². The van der Waals surface area contributed by atoms with Gasteiger partial charge in [0.05, 0.1) is 10.6 Å². The van der Waals surface area contributed by atoms with Gasteiger partial charge in [0.1, 0.15) is 12.6 Å². The van der Waals surface area contributed by atoms with Crippen LogP contribution in [0.3, 0.4) is 0 Å². The van der Waals surface area contributed by atoms with E-state index in [-0.39, 0.29) is 29.5 Å². The predicted octanol–water partition coefficient (Wildman–Crippen LogP) is 5.99. The molecule has 2 amide bonds. The first-order chi connectivity index (χ1) is 20.1. The van der Waals surface area contributed by atoms with Crippen LogP contribution in [0.2, 0.25) is 5.02 Å². The fourth-order valence-corrected chi connectivity index (χ4v) is 6.51. The van der Waals surface area contributed by atoms with Crippen LogP contribution in [0.25, 0.3) is 0 Å². The van der Waals surface area contributed by atoms with Crippen molar-refractivity contribution < 1.29 is 18.0 Å². The van der Waals surface area contributed by atoms with Crippen molar-refractivity contribution in [3.8, 4) is 0 Å². The van der Waals surface area contributed by atoms with E-state index in [2.05, 4.69) is 21.2 Å². The van der Waals surface area contributed by atoms with Crippen molar-refractivity contribution in [3.05, 3.63) is 129 Å². The van der Waals surface area contributed by atoms with Gasteiger partial charge >= 0.3 is 0 Å². The number of aryl methyl sites for hydroxylation is 1. The molecule has 0 bridgehead atoms. The van der Waals surface area contributed by atoms with Crippen molar-refractivity contribution in [2.24, 2.45) is 0 Å². The Bertz CT molecular complexity index is 1630. The van der Waals surface area contributed by atoms with Crippen LogP contribution in [0.1, 0.15) is 16.7 Å². The largest absolute Gasteiger partial charge is 0.357 e. The van der Waals surface area contributed by atoms with E-state index >= 15 is 0 Å². The number of hydrogen-bond donors (Lipinski definition) is 1. The summed E-state index contributed by atoms with van der Waals surface area (Å²) in [4.78, 5) is 29.1. The van der Waals surface area contributed by atoms with Crippen LogP contribution in [-0.4, -0.2) is 44.8 Å². The maximum Gasteiger partial charge on any atom is 0.264 e. The Morgan fingerprint density at radius 1 is 0.881 bits per heavy atom. The van der Waals surface area contributed by atoms with Gasteiger partial charge in [-0.25, -0.2) is 8.42 Å². The van der Waals surface area contributed by atoms with Crippen LogP contribution in [-0.2, 0) is 32.6 Å². The van der Waals surface area contributed by atoms with Crippen molar-refractivity contribution in [2.75, 3.05) is 17.9 Å². The first-order valence-corrected chi connectivity index (χ1v) is 15.8. The summed E-state index contributed by atoms with van der Waals surface area (Å²) in [6.07, 6.45) is 0.242. The summed E-state index contributed by atoms with van der Waals surface area (Å²) in [6, 6.07) is 28.6. The van der Waals surface area contributed by atoms with Crippen molar-refractivity contribution in [2.45, 2.75) is 30.8 Å². The first-order valence-electron chi connectivity index (χ1n) is 13.2. The normalized spacial score (nSPS) is 11.9. The lowest BCUT2D eigenvalue weighted by Crippen LogP contribution is -2.53. The van der Waals surface area contributed by atoms with E-state index in [4.69, 9.17) is 11.6 Å². The summed E-state index contributed by atoms with van der Waals surface area (Å²) < 4.78 is 29.8. The minimum atomic E-state index is -4.17. The molecule has 4 aromatic carbocycles. The zero-order chi connectivity index (χ0) is 30.3. The van der Waals surface area contributed by atoms with Gasteiger partial charge in [-0.2, -0.15) is 0 Å². The highest BCUT2D eigenvalue weighted by atomic mass is 79.9. The van der Waals surface area contributed by atoms with E-state index < -0.39 is 28.5 Å². The Labute approximate surface area is 260 Å². The van der Waals surface area contributed by atoms with Gasteiger partial charge in [-0.15, -0.1) is 0 Å². The molecule has 4 aromatic rings. The topological polar surface area (TPSA) is 86.8 Å². The molecule has 0 saturated carbocycles. The van der Waals surface area contributed by atoms with Crippen LogP contribution >= 0.6 is 27.5 Å². The van der Waals surface area contributed by atoms with Gasteiger partial charge < -0.3 is 10.2 Å². The van der Waals surface area contributed by atoms with E-state index in [1.165, 1.54) is 24.1 Å². The summed E-state index contributed by atoms with van der Waals surface area (Å²) in [7, 11) is -2.65. The fourth-order valence-electron chi connectivity index (χ4n) is 4.53. The molecule has 1 atom stereocenters. The zero-order valence-electron chi connectivity index (χ0n) is 23.2. The summed E-state index contributed by atoms with van der Waals surface area (Å²) in [5, 5.41) is 3.11. The van der Waals surface area contributed by atoms with Gasteiger partial charge in [-0.1, -0.05) is 87.7 Å². The van der Waals surface area contributed by atoms with E-state index in [1.54, 1.807) is 36.4 Å². The Hall–Kier alpha value is -3.66. The highest BCUT2D eigenvalue weighted by Gasteiger charge is 2.34.